The second-order valence-corrected chi connectivity index (χ2v) is 3.95. The number of carbonyl (C=O) groups is 1. The fourth-order valence-electron chi connectivity index (χ4n) is 2.32. The standard InChI is InChI=1S/C11H15NO2/c13-11(14)10-9(6-7-12-10)8-4-2-1-3-5-8/h6-8,12H,1-5H2,(H,13,14). The summed E-state index contributed by atoms with van der Waals surface area (Å²) in [6.45, 7) is 0. The molecule has 2 N–H and O–H groups in total. The van der Waals surface area contributed by atoms with E-state index < -0.39 is 5.97 Å². The molecule has 3 heteroatoms. The summed E-state index contributed by atoms with van der Waals surface area (Å²) < 4.78 is 0. The first-order valence-electron chi connectivity index (χ1n) is 5.19. The minimum Gasteiger partial charge on any atom is -0.477 e. The lowest BCUT2D eigenvalue weighted by atomic mass is 9.84. The molecule has 1 fully saturated rings. The van der Waals surface area contributed by atoms with Crippen molar-refractivity contribution in [3.8, 4) is 0 Å². The highest BCUT2D eigenvalue weighted by Crippen LogP contribution is 2.33. The zero-order chi connectivity index (χ0) is 9.97. The first-order chi connectivity index (χ1) is 6.79. The van der Waals surface area contributed by atoms with E-state index in [1.54, 1.807) is 6.20 Å². The number of carboxylic acid groups (broad SMARTS) is 1. The van der Waals surface area contributed by atoms with Gasteiger partial charge in [-0.05, 0) is 30.4 Å². The van der Waals surface area contributed by atoms with Crippen molar-refractivity contribution in [3.63, 3.8) is 0 Å². The molecule has 0 atom stereocenters. The molecule has 1 saturated carbocycles. The lowest BCUT2D eigenvalue weighted by Gasteiger charge is -2.21. The smallest absolute Gasteiger partial charge is 0.352 e. The highest BCUT2D eigenvalue weighted by Gasteiger charge is 2.21. The van der Waals surface area contributed by atoms with E-state index in [-0.39, 0.29) is 0 Å². The summed E-state index contributed by atoms with van der Waals surface area (Å²) in [7, 11) is 0. The van der Waals surface area contributed by atoms with Gasteiger partial charge in [-0.25, -0.2) is 4.79 Å². The van der Waals surface area contributed by atoms with Crippen LogP contribution in [-0.4, -0.2) is 16.1 Å². The third-order valence-electron chi connectivity index (χ3n) is 3.04. The average Bonchev–Trinajstić information content (AvgIpc) is 2.67. The minimum atomic E-state index is -0.837. The molecule has 1 aliphatic carbocycles. The Morgan fingerprint density at radius 2 is 2.07 bits per heavy atom. The van der Waals surface area contributed by atoms with Crippen LogP contribution in [0.15, 0.2) is 12.3 Å². The molecule has 3 nitrogen and oxygen atoms in total. The predicted molar refractivity (Wildman–Crippen MR) is 53.6 cm³/mol. The van der Waals surface area contributed by atoms with Gasteiger partial charge in [0.15, 0.2) is 0 Å². The van der Waals surface area contributed by atoms with Crippen LogP contribution in [-0.2, 0) is 0 Å². The van der Waals surface area contributed by atoms with E-state index in [4.69, 9.17) is 5.11 Å². The summed E-state index contributed by atoms with van der Waals surface area (Å²) in [5.74, 6) is -0.378. The summed E-state index contributed by atoms with van der Waals surface area (Å²) in [5.41, 5.74) is 1.38. The second kappa shape index (κ2) is 3.86. The molecular formula is C11H15NO2. The Bertz CT molecular complexity index is 324. The van der Waals surface area contributed by atoms with Gasteiger partial charge in [0.05, 0.1) is 0 Å². The van der Waals surface area contributed by atoms with Crippen LogP contribution in [0.2, 0.25) is 0 Å². The van der Waals surface area contributed by atoms with E-state index >= 15 is 0 Å². The van der Waals surface area contributed by atoms with Crippen LogP contribution in [0.25, 0.3) is 0 Å². The van der Waals surface area contributed by atoms with Crippen LogP contribution in [0.3, 0.4) is 0 Å². The molecule has 0 saturated heterocycles. The van der Waals surface area contributed by atoms with Crippen LogP contribution in [0.1, 0.15) is 54.1 Å². The van der Waals surface area contributed by atoms with Crippen LogP contribution >= 0.6 is 0 Å². The van der Waals surface area contributed by atoms with Crippen molar-refractivity contribution < 1.29 is 9.90 Å². The van der Waals surface area contributed by atoms with Gasteiger partial charge in [-0.3, -0.25) is 0 Å². The molecule has 1 aromatic rings. The lowest BCUT2D eigenvalue weighted by Crippen LogP contribution is -2.09. The van der Waals surface area contributed by atoms with Crippen molar-refractivity contribution in [2.45, 2.75) is 38.0 Å². The van der Waals surface area contributed by atoms with Crippen molar-refractivity contribution in [1.29, 1.82) is 0 Å². The number of aromatic nitrogens is 1. The molecule has 1 aliphatic rings. The van der Waals surface area contributed by atoms with Gasteiger partial charge >= 0.3 is 5.97 Å². The second-order valence-electron chi connectivity index (χ2n) is 3.95. The Kier molecular flexibility index (Phi) is 2.57. The van der Waals surface area contributed by atoms with E-state index in [1.165, 1.54) is 19.3 Å². The van der Waals surface area contributed by atoms with Gasteiger partial charge in [-0.2, -0.15) is 0 Å². The number of H-pyrrole nitrogens is 1. The number of hydrogen-bond acceptors (Lipinski definition) is 1. The van der Waals surface area contributed by atoms with Crippen molar-refractivity contribution in [2.24, 2.45) is 0 Å². The van der Waals surface area contributed by atoms with Crippen molar-refractivity contribution >= 4 is 5.97 Å². The molecule has 1 aromatic heterocycles. The largest absolute Gasteiger partial charge is 0.477 e. The monoisotopic (exact) mass is 193 g/mol. The highest BCUT2D eigenvalue weighted by molar-refractivity contribution is 5.87. The number of rotatable bonds is 2. The number of hydrogen-bond donors (Lipinski definition) is 2. The van der Waals surface area contributed by atoms with Gasteiger partial charge in [0.1, 0.15) is 5.69 Å². The maximum absolute atomic E-state index is 10.9. The highest BCUT2D eigenvalue weighted by atomic mass is 16.4. The van der Waals surface area contributed by atoms with Crippen LogP contribution in [0.5, 0.6) is 0 Å². The summed E-state index contributed by atoms with van der Waals surface area (Å²) in [6, 6.07) is 1.92. The molecule has 14 heavy (non-hydrogen) atoms. The first kappa shape index (κ1) is 9.31. The molecule has 76 valence electrons. The van der Waals surface area contributed by atoms with Gasteiger partial charge in [0.25, 0.3) is 0 Å². The molecule has 2 rings (SSSR count). The number of aromatic amines is 1. The zero-order valence-corrected chi connectivity index (χ0v) is 8.12. The Labute approximate surface area is 83.1 Å². The Hall–Kier alpha value is -1.25. The summed E-state index contributed by atoms with van der Waals surface area (Å²) in [5, 5.41) is 8.95. The fourth-order valence-corrected chi connectivity index (χ4v) is 2.32. The van der Waals surface area contributed by atoms with Crippen molar-refractivity contribution in [1.82, 2.24) is 4.98 Å². The van der Waals surface area contributed by atoms with Crippen molar-refractivity contribution in [2.75, 3.05) is 0 Å². The van der Waals surface area contributed by atoms with Gasteiger partial charge in [-0.15, -0.1) is 0 Å². The fraction of sp³-hybridized carbons (Fsp3) is 0.545. The van der Waals surface area contributed by atoms with Gasteiger partial charge in [0, 0.05) is 6.20 Å². The minimum absolute atomic E-state index is 0.386. The molecule has 0 amide bonds. The lowest BCUT2D eigenvalue weighted by molar-refractivity contribution is 0.0689. The Morgan fingerprint density at radius 1 is 1.36 bits per heavy atom. The van der Waals surface area contributed by atoms with E-state index in [1.807, 2.05) is 6.07 Å². The summed E-state index contributed by atoms with van der Waals surface area (Å²) >= 11 is 0. The zero-order valence-electron chi connectivity index (χ0n) is 8.12. The normalized spacial score (nSPS) is 18.3. The third-order valence-corrected chi connectivity index (χ3v) is 3.04. The van der Waals surface area contributed by atoms with E-state index in [0.717, 1.165) is 18.4 Å². The van der Waals surface area contributed by atoms with Crippen LogP contribution in [0.4, 0.5) is 0 Å². The molecular weight excluding hydrogens is 178 g/mol. The van der Waals surface area contributed by atoms with Crippen LogP contribution in [0, 0.1) is 0 Å². The Morgan fingerprint density at radius 3 is 2.71 bits per heavy atom. The van der Waals surface area contributed by atoms with E-state index in [2.05, 4.69) is 4.98 Å². The topological polar surface area (TPSA) is 53.1 Å². The number of nitrogens with one attached hydrogen (secondary N) is 1. The molecule has 0 aromatic carbocycles. The van der Waals surface area contributed by atoms with E-state index in [9.17, 15) is 4.79 Å². The molecule has 0 aliphatic heterocycles. The SMILES string of the molecule is O=C(O)c1[nH]ccc1C1CCCCC1. The van der Waals surface area contributed by atoms with Gasteiger partial charge < -0.3 is 10.1 Å². The summed E-state index contributed by atoms with van der Waals surface area (Å²) in [6.07, 6.45) is 7.76. The maximum Gasteiger partial charge on any atom is 0.352 e. The van der Waals surface area contributed by atoms with Gasteiger partial charge in [0.2, 0.25) is 0 Å². The first-order valence-corrected chi connectivity index (χ1v) is 5.19. The molecule has 0 bridgehead atoms. The molecule has 0 radical (unpaired) electrons. The maximum atomic E-state index is 10.9. The third kappa shape index (κ3) is 1.67. The van der Waals surface area contributed by atoms with Crippen molar-refractivity contribution in [3.05, 3.63) is 23.5 Å². The van der Waals surface area contributed by atoms with Crippen LogP contribution < -0.4 is 0 Å². The number of carboxylic acids is 1. The van der Waals surface area contributed by atoms with E-state index in [0.29, 0.717) is 11.6 Å². The average molecular weight is 193 g/mol. The van der Waals surface area contributed by atoms with Gasteiger partial charge in [-0.1, -0.05) is 19.3 Å². The Balaban J connectivity index is 2.21. The summed E-state index contributed by atoms with van der Waals surface area (Å²) in [4.78, 5) is 13.7. The number of aromatic carboxylic acids is 1. The quantitative estimate of drug-likeness (QED) is 0.758. The predicted octanol–water partition coefficient (Wildman–Crippen LogP) is 2.76. The molecule has 0 unspecified atom stereocenters. The molecule has 1 heterocycles. The molecule has 0 spiro atoms.